The normalized spacial score (nSPS) is 35.5. The zero-order chi connectivity index (χ0) is 29.4. The van der Waals surface area contributed by atoms with Crippen LogP contribution in [0.3, 0.4) is 0 Å². The van der Waals surface area contributed by atoms with Gasteiger partial charge in [0, 0.05) is 50.4 Å². The van der Waals surface area contributed by atoms with Gasteiger partial charge in [0.15, 0.2) is 6.35 Å². The summed E-state index contributed by atoms with van der Waals surface area (Å²) < 4.78 is 6.52. The monoisotopic (exact) mass is 575 g/mol. The molecule has 1 spiro atoms. The smallest absolute Gasteiger partial charge is 0.246 e. The molecule has 1 saturated carbocycles. The average Bonchev–Trinajstić information content (AvgIpc) is 3.42. The van der Waals surface area contributed by atoms with Gasteiger partial charge in [0.25, 0.3) is 0 Å². The summed E-state index contributed by atoms with van der Waals surface area (Å²) in [5.74, 6) is 0.365. The van der Waals surface area contributed by atoms with Gasteiger partial charge in [-0.25, -0.2) is 0 Å². The largest absolute Gasteiger partial charge is 0.348 e. The average molecular weight is 576 g/mol. The number of rotatable bonds is 6. The number of likely N-dealkylation sites (tertiary alicyclic amines) is 1. The maximum atomic E-state index is 13.9. The fraction of sp³-hybridized carbons (Fsp3) is 0.656. The van der Waals surface area contributed by atoms with Crippen LogP contribution < -0.4 is 15.5 Å². The first-order valence-electron chi connectivity index (χ1n) is 15.6. The van der Waals surface area contributed by atoms with Crippen molar-refractivity contribution < 1.29 is 14.3 Å². The summed E-state index contributed by atoms with van der Waals surface area (Å²) in [6.07, 6.45) is 6.90. The number of benzene rings is 1. The van der Waals surface area contributed by atoms with Crippen molar-refractivity contribution in [3.63, 3.8) is 0 Å². The molecular weight excluding hydrogens is 530 g/mol. The van der Waals surface area contributed by atoms with E-state index in [2.05, 4.69) is 52.3 Å². The minimum atomic E-state index is -0.437. The Bertz CT molecular complexity index is 1230. The van der Waals surface area contributed by atoms with Gasteiger partial charge in [-0.3, -0.25) is 25.1 Å². The quantitative estimate of drug-likeness (QED) is 0.496. The molecule has 5 aliphatic rings. The van der Waals surface area contributed by atoms with E-state index in [1.54, 1.807) is 4.90 Å². The Hall–Kier alpha value is -2.81. The summed E-state index contributed by atoms with van der Waals surface area (Å²) in [5, 5.41) is 17.1. The Labute approximate surface area is 249 Å². The first kappa shape index (κ1) is 29.3. The molecule has 4 unspecified atom stereocenters. The van der Waals surface area contributed by atoms with Crippen molar-refractivity contribution in [2.24, 2.45) is 11.3 Å². The molecule has 0 radical (unpaired) electrons. The summed E-state index contributed by atoms with van der Waals surface area (Å²) >= 11 is 0. The molecule has 42 heavy (non-hydrogen) atoms. The summed E-state index contributed by atoms with van der Waals surface area (Å²) in [6.45, 7) is 7.29. The van der Waals surface area contributed by atoms with Gasteiger partial charge in [0.2, 0.25) is 11.8 Å². The highest BCUT2D eigenvalue weighted by atomic mass is 16.5. The van der Waals surface area contributed by atoms with Crippen LogP contribution in [0.2, 0.25) is 0 Å². The van der Waals surface area contributed by atoms with Crippen molar-refractivity contribution in [3.05, 3.63) is 42.5 Å². The fourth-order valence-electron chi connectivity index (χ4n) is 8.34. The molecule has 0 aromatic heterocycles. The molecular formula is C32H45N7O3. The molecule has 4 heterocycles. The van der Waals surface area contributed by atoms with Crippen LogP contribution in [0.5, 0.6) is 0 Å². The topological polar surface area (TPSA) is 104 Å². The van der Waals surface area contributed by atoms with E-state index in [1.165, 1.54) is 18.1 Å². The fourth-order valence-corrected chi connectivity index (χ4v) is 8.34. The number of hydrogen-bond donors (Lipinski definition) is 2. The van der Waals surface area contributed by atoms with Crippen molar-refractivity contribution in [3.8, 4) is 6.07 Å². The molecule has 7 atom stereocenters. The van der Waals surface area contributed by atoms with E-state index in [4.69, 9.17) is 4.74 Å². The molecule has 226 valence electrons. The van der Waals surface area contributed by atoms with Crippen molar-refractivity contribution in [1.29, 1.82) is 5.26 Å². The number of amides is 2. The Morgan fingerprint density at radius 2 is 2.02 bits per heavy atom. The van der Waals surface area contributed by atoms with E-state index in [9.17, 15) is 14.9 Å². The number of nitriles is 1. The Morgan fingerprint density at radius 3 is 2.79 bits per heavy atom. The van der Waals surface area contributed by atoms with E-state index >= 15 is 0 Å². The molecule has 0 bridgehead atoms. The lowest BCUT2D eigenvalue weighted by Gasteiger charge is -2.56. The standard InChI is InChI=1S/C32H45N7O3/c1-4-28(40)39-17-16-38(20-23(39)12-14-33)29-25-11-13-32(18-22-8-5-6-10-27(22)37(3)30(32)41)19-26(25)34-31(35-29)42-21-24-9-7-15-36(24)2/h4-6,8,10,23-26,29,31,34-35H,1,7,9,11-13,15-21H2,2-3H3/t23-,24-,25?,26?,29?,31?,32+/m0/s1. The third-order valence-electron chi connectivity index (χ3n) is 10.6. The SMILES string of the molecule is C=CC(=O)N1CCN(C2NC(OC[C@@H]3CCCN3C)NC3C[C@@]4(CCC32)Cc2ccccc2N(C)C4=O)C[C@@H]1CC#N. The molecule has 10 heteroatoms. The molecule has 3 saturated heterocycles. The Balaban J connectivity index is 1.24. The second kappa shape index (κ2) is 12.1. The third kappa shape index (κ3) is 5.38. The van der Waals surface area contributed by atoms with Crippen molar-refractivity contribution in [2.45, 2.75) is 75.6 Å². The van der Waals surface area contributed by atoms with E-state index in [0.29, 0.717) is 32.3 Å². The Morgan fingerprint density at radius 1 is 1.19 bits per heavy atom. The lowest BCUT2D eigenvalue weighted by molar-refractivity contribution is -0.143. The maximum absolute atomic E-state index is 13.9. The summed E-state index contributed by atoms with van der Waals surface area (Å²) in [7, 11) is 4.07. The predicted molar refractivity (Wildman–Crippen MR) is 160 cm³/mol. The molecule has 10 nitrogen and oxygen atoms in total. The van der Waals surface area contributed by atoms with Gasteiger partial charge in [0.05, 0.1) is 36.7 Å². The van der Waals surface area contributed by atoms with Crippen LogP contribution in [0.25, 0.3) is 0 Å². The maximum Gasteiger partial charge on any atom is 0.246 e. The van der Waals surface area contributed by atoms with Crippen LogP contribution >= 0.6 is 0 Å². The molecule has 4 aliphatic heterocycles. The molecule has 2 N–H and O–H groups in total. The predicted octanol–water partition coefficient (Wildman–Crippen LogP) is 1.89. The summed E-state index contributed by atoms with van der Waals surface area (Å²) in [4.78, 5) is 34.9. The minimum absolute atomic E-state index is 0.0193. The van der Waals surface area contributed by atoms with Crippen molar-refractivity contribution in [2.75, 3.05) is 51.8 Å². The third-order valence-corrected chi connectivity index (χ3v) is 10.6. The first-order valence-corrected chi connectivity index (χ1v) is 15.6. The molecule has 1 aromatic rings. The van der Waals surface area contributed by atoms with E-state index < -0.39 is 5.41 Å². The number of nitrogens with one attached hydrogen (secondary N) is 2. The second-order valence-corrected chi connectivity index (χ2v) is 13.0. The van der Waals surface area contributed by atoms with Gasteiger partial charge >= 0.3 is 0 Å². The second-order valence-electron chi connectivity index (χ2n) is 13.0. The number of carbonyl (C=O) groups excluding carboxylic acids is 2. The summed E-state index contributed by atoms with van der Waals surface area (Å²) in [6, 6.07) is 10.9. The molecule has 1 aromatic carbocycles. The Kier molecular flexibility index (Phi) is 8.40. The molecule has 4 fully saturated rings. The highest BCUT2D eigenvalue weighted by molar-refractivity contribution is 6.00. The molecule has 6 rings (SSSR count). The van der Waals surface area contributed by atoms with Gasteiger partial charge in [-0.2, -0.15) is 5.26 Å². The van der Waals surface area contributed by atoms with Gasteiger partial charge in [0.1, 0.15) is 0 Å². The molecule has 1 aliphatic carbocycles. The lowest BCUT2D eigenvalue weighted by Crippen LogP contribution is -2.73. The number of anilines is 1. The van der Waals surface area contributed by atoms with Crippen LogP contribution in [0.15, 0.2) is 36.9 Å². The van der Waals surface area contributed by atoms with E-state index in [0.717, 1.165) is 44.3 Å². The zero-order valence-corrected chi connectivity index (χ0v) is 25.0. The van der Waals surface area contributed by atoms with Gasteiger partial charge in [-0.05, 0) is 69.8 Å². The number of ether oxygens (including phenoxy) is 1. The number of para-hydroxylation sites is 1. The highest BCUT2D eigenvalue weighted by Crippen LogP contribution is 2.49. The van der Waals surface area contributed by atoms with Crippen LogP contribution in [0, 0.1) is 22.7 Å². The van der Waals surface area contributed by atoms with Gasteiger partial charge in [-0.1, -0.05) is 24.8 Å². The van der Waals surface area contributed by atoms with E-state index in [1.807, 2.05) is 24.1 Å². The number of nitrogens with zero attached hydrogens (tertiary/aromatic N) is 5. The van der Waals surface area contributed by atoms with E-state index in [-0.39, 0.29) is 48.8 Å². The van der Waals surface area contributed by atoms with Crippen LogP contribution in [0.1, 0.15) is 44.1 Å². The number of hydrogen-bond acceptors (Lipinski definition) is 8. The summed E-state index contributed by atoms with van der Waals surface area (Å²) in [5.41, 5.74) is 1.82. The number of carbonyl (C=O) groups is 2. The van der Waals surface area contributed by atoms with Crippen molar-refractivity contribution in [1.82, 2.24) is 25.3 Å². The number of likely N-dealkylation sites (N-methyl/N-ethyl adjacent to an activating group) is 1. The van der Waals surface area contributed by atoms with Gasteiger partial charge in [-0.15, -0.1) is 0 Å². The van der Waals surface area contributed by atoms with Crippen molar-refractivity contribution >= 4 is 17.5 Å². The molecule has 2 amide bonds. The van der Waals surface area contributed by atoms with Crippen LogP contribution in [-0.4, -0.2) is 104 Å². The first-order chi connectivity index (χ1) is 20.3. The minimum Gasteiger partial charge on any atom is -0.348 e. The lowest BCUT2D eigenvalue weighted by atomic mass is 9.62. The van der Waals surface area contributed by atoms with Crippen LogP contribution in [0.4, 0.5) is 5.69 Å². The number of piperazine rings is 1. The highest BCUT2D eigenvalue weighted by Gasteiger charge is 2.54. The van der Waals surface area contributed by atoms with Gasteiger partial charge < -0.3 is 19.4 Å². The number of fused-ring (bicyclic) bond motifs is 2. The van der Waals surface area contributed by atoms with Crippen LogP contribution in [-0.2, 0) is 20.7 Å². The zero-order valence-electron chi connectivity index (χ0n) is 25.0.